The molecule has 2 rings (SSSR count). The number of unbranched alkanes of at least 4 members (excludes halogenated alkanes) is 1. The third-order valence-corrected chi connectivity index (χ3v) is 5.40. The zero-order valence-corrected chi connectivity index (χ0v) is 15.9. The normalized spacial score (nSPS) is 20.1. The fourth-order valence-electron chi connectivity index (χ4n) is 3.76. The molecule has 0 spiro atoms. The second kappa shape index (κ2) is 9.59. The first-order valence-electron chi connectivity index (χ1n) is 9.61. The maximum absolute atomic E-state index is 12.7. The lowest BCUT2D eigenvalue weighted by atomic mass is 9.79. The second-order valence-corrected chi connectivity index (χ2v) is 7.33. The summed E-state index contributed by atoms with van der Waals surface area (Å²) < 4.78 is 0. The standard InChI is InChI=1S/C21H32N2O2/c1-4-5-6-16-7-13-19(14-8-16)21(25)23(3)15-17-9-11-18(12-10-17)20(24)22-2/h9-12,16,19H,4-8,13-15H2,1-3H3,(H,22,24). The third-order valence-electron chi connectivity index (χ3n) is 5.40. The Kier molecular flexibility index (Phi) is 7.48. The van der Waals surface area contributed by atoms with Crippen molar-refractivity contribution in [2.75, 3.05) is 14.1 Å². The number of amides is 2. The predicted octanol–water partition coefficient (Wildman–Crippen LogP) is 4.00. The van der Waals surface area contributed by atoms with Crippen molar-refractivity contribution >= 4 is 11.8 Å². The molecule has 0 saturated heterocycles. The van der Waals surface area contributed by atoms with Gasteiger partial charge in [-0.15, -0.1) is 0 Å². The summed E-state index contributed by atoms with van der Waals surface area (Å²) in [6.45, 7) is 2.84. The van der Waals surface area contributed by atoms with E-state index < -0.39 is 0 Å². The molecule has 1 aromatic rings. The SMILES string of the molecule is CCCCC1CCC(C(=O)N(C)Cc2ccc(C(=O)NC)cc2)CC1. The van der Waals surface area contributed by atoms with E-state index in [1.54, 1.807) is 7.05 Å². The molecule has 0 bridgehead atoms. The van der Waals surface area contributed by atoms with Crippen LogP contribution in [0.4, 0.5) is 0 Å². The summed E-state index contributed by atoms with van der Waals surface area (Å²) in [5, 5.41) is 2.62. The van der Waals surface area contributed by atoms with Gasteiger partial charge in [0, 0.05) is 32.1 Å². The lowest BCUT2D eigenvalue weighted by molar-refractivity contribution is -0.136. The summed E-state index contributed by atoms with van der Waals surface area (Å²) in [5.74, 6) is 1.19. The van der Waals surface area contributed by atoms with Gasteiger partial charge in [-0.3, -0.25) is 9.59 Å². The number of benzene rings is 1. The van der Waals surface area contributed by atoms with Gasteiger partial charge in [0.2, 0.25) is 5.91 Å². The zero-order valence-electron chi connectivity index (χ0n) is 15.9. The Morgan fingerprint density at radius 2 is 1.76 bits per heavy atom. The minimum absolute atomic E-state index is 0.0872. The Morgan fingerprint density at radius 1 is 1.12 bits per heavy atom. The van der Waals surface area contributed by atoms with Gasteiger partial charge in [-0.1, -0.05) is 38.3 Å². The van der Waals surface area contributed by atoms with Gasteiger partial charge in [-0.25, -0.2) is 0 Å². The quantitative estimate of drug-likeness (QED) is 0.813. The van der Waals surface area contributed by atoms with Gasteiger partial charge in [0.1, 0.15) is 0 Å². The molecule has 0 aromatic heterocycles. The minimum Gasteiger partial charge on any atom is -0.355 e. The first-order valence-corrected chi connectivity index (χ1v) is 9.61. The number of nitrogens with one attached hydrogen (secondary N) is 1. The Balaban J connectivity index is 1.83. The van der Waals surface area contributed by atoms with Crippen LogP contribution in [-0.2, 0) is 11.3 Å². The molecule has 1 aliphatic rings. The molecule has 1 aromatic carbocycles. The number of hydrogen-bond donors (Lipinski definition) is 1. The van der Waals surface area contributed by atoms with E-state index >= 15 is 0 Å². The van der Waals surface area contributed by atoms with Crippen molar-refractivity contribution in [3.8, 4) is 0 Å². The fourth-order valence-corrected chi connectivity index (χ4v) is 3.76. The Bertz CT molecular complexity index is 560. The molecule has 4 nitrogen and oxygen atoms in total. The number of carbonyl (C=O) groups excluding carboxylic acids is 2. The average Bonchev–Trinajstić information content (AvgIpc) is 2.66. The molecule has 138 valence electrons. The van der Waals surface area contributed by atoms with Crippen LogP contribution < -0.4 is 5.32 Å². The first-order chi connectivity index (χ1) is 12.0. The Hall–Kier alpha value is -1.84. The smallest absolute Gasteiger partial charge is 0.251 e. The van der Waals surface area contributed by atoms with Crippen LogP contribution in [0, 0.1) is 11.8 Å². The van der Waals surface area contributed by atoms with Gasteiger partial charge in [0.25, 0.3) is 5.91 Å². The molecule has 0 heterocycles. The minimum atomic E-state index is -0.0872. The van der Waals surface area contributed by atoms with Crippen LogP contribution in [0.15, 0.2) is 24.3 Å². The van der Waals surface area contributed by atoms with Crippen molar-refractivity contribution < 1.29 is 9.59 Å². The molecule has 1 fully saturated rings. The van der Waals surface area contributed by atoms with Crippen LogP contribution in [0.2, 0.25) is 0 Å². The lowest BCUT2D eigenvalue weighted by Crippen LogP contribution is -2.34. The van der Waals surface area contributed by atoms with Crippen molar-refractivity contribution in [1.82, 2.24) is 10.2 Å². The summed E-state index contributed by atoms with van der Waals surface area (Å²) in [7, 11) is 3.51. The number of carbonyl (C=O) groups is 2. The van der Waals surface area contributed by atoms with Crippen molar-refractivity contribution in [2.24, 2.45) is 11.8 Å². The highest BCUT2D eigenvalue weighted by molar-refractivity contribution is 5.93. The largest absolute Gasteiger partial charge is 0.355 e. The Morgan fingerprint density at radius 3 is 2.32 bits per heavy atom. The van der Waals surface area contributed by atoms with E-state index in [0.717, 1.165) is 24.3 Å². The molecule has 2 amide bonds. The van der Waals surface area contributed by atoms with Crippen LogP contribution in [0.1, 0.15) is 67.8 Å². The number of rotatable bonds is 7. The van der Waals surface area contributed by atoms with E-state index in [1.165, 1.54) is 32.1 Å². The van der Waals surface area contributed by atoms with Gasteiger partial charge in [0.05, 0.1) is 0 Å². The summed E-state index contributed by atoms with van der Waals surface area (Å²) >= 11 is 0. The lowest BCUT2D eigenvalue weighted by Gasteiger charge is -2.30. The van der Waals surface area contributed by atoms with Gasteiger partial charge < -0.3 is 10.2 Å². The maximum Gasteiger partial charge on any atom is 0.251 e. The third kappa shape index (κ3) is 5.58. The molecule has 0 unspecified atom stereocenters. The summed E-state index contributed by atoms with van der Waals surface area (Å²) in [4.78, 5) is 26.1. The zero-order chi connectivity index (χ0) is 18.2. The van der Waals surface area contributed by atoms with E-state index in [-0.39, 0.29) is 17.7 Å². The van der Waals surface area contributed by atoms with Gasteiger partial charge >= 0.3 is 0 Å². The molecule has 4 heteroatoms. The molecule has 1 aliphatic carbocycles. The average molecular weight is 344 g/mol. The van der Waals surface area contributed by atoms with Crippen LogP contribution in [-0.4, -0.2) is 30.8 Å². The highest BCUT2D eigenvalue weighted by Crippen LogP contribution is 2.32. The Labute approximate surface area is 152 Å². The van der Waals surface area contributed by atoms with E-state index in [1.807, 2.05) is 36.2 Å². The highest BCUT2D eigenvalue weighted by atomic mass is 16.2. The molecule has 0 atom stereocenters. The van der Waals surface area contributed by atoms with Crippen molar-refractivity contribution in [3.05, 3.63) is 35.4 Å². The summed E-state index contributed by atoms with van der Waals surface area (Å²) in [6, 6.07) is 7.48. The van der Waals surface area contributed by atoms with Gasteiger partial charge in [-0.2, -0.15) is 0 Å². The molecular formula is C21H32N2O2. The number of nitrogens with zero attached hydrogens (tertiary/aromatic N) is 1. The predicted molar refractivity (Wildman–Crippen MR) is 101 cm³/mol. The van der Waals surface area contributed by atoms with Crippen LogP contribution in [0.3, 0.4) is 0 Å². The number of hydrogen-bond acceptors (Lipinski definition) is 2. The second-order valence-electron chi connectivity index (χ2n) is 7.33. The molecule has 0 aliphatic heterocycles. The molecule has 0 radical (unpaired) electrons. The highest BCUT2D eigenvalue weighted by Gasteiger charge is 2.27. The first kappa shape index (κ1) is 19.5. The molecular weight excluding hydrogens is 312 g/mol. The van der Waals surface area contributed by atoms with Crippen LogP contribution >= 0.6 is 0 Å². The van der Waals surface area contributed by atoms with Gasteiger partial charge in [-0.05, 0) is 49.3 Å². The van der Waals surface area contributed by atoms with Crippen LogP contribution in [0.5, 0.6) is 0 Å². The van der Waals surface area contributed by atoms with Crippen molar-refractivity contribution in [1.29, 1.82) is 0 Å². The van der Waals surface area contributed by atoms with E-state index in [4.69, 9.17) is 0 Å². The molecule has 25 heavy (non-hydrogen) atoms. The monoisotopic (exact) mass is 344 g/mol. The summed E-state index contributed by atoms with van der Waals surface area (Å²) in [6.07, 6.45) is 8.37. The molecule has 1 saturated carbocycles. The maximum atomic E-state index is 12.7. The van der Waals surface area contributed by atoms with Crippen molar-refractivity contribution in [2.45, 2.75) is 58.4 Å². The topological polar surface area (TPSA) is 49.4 Å². The summed E-state index contributed by atoms with van der Waals surface area (Å²) in [5.41, 5.74) is 1.70. The molecule has 1 N–H and O–H groups in total. The van der Waals surface area contributed by atoms with E-state index in [9.17, 15) is 9.59 Å². The van der Waals surface area contributed by atoms with Gasteiger partial charge in [0.15, 0.2) is 0 Å². The van der Waals surface area contributed by atoms with E-state index in [2.05, 4.69) is 12.2 Å². The fraction of sp³-hybridized carbons (Fsp3) is 0.619. The van der Waals surface area contributed by atoms with E-state index in [0.29, 0.717) is 12.1 Å². The van der Waals surface area contributed by atoms with Crippen molar-refractivity contribution in [3.63, 3.8) is 0 Å². The van der Waals surface area contributed by atoms with Crippen LogP contribution in [0.25, 0.3) is 0 Å².